The fourth-order valence-electron chi connectivity index (χ4n) is 3.04. The predicted molar refractivity (Wildman–Crippen MR) is 113 cm³/mol. The molecular formula is C20H20ClN5O4S. The normalized spacial score (nSPS) is 14.3. The Hall–Kier alpha value is -2.95. The lowest BCUT2D eigenvalue weighted by molar-refractivity contribution is -0.135. The molecule has 11 heteroatoms. The maximum atomic E-state index is 12.3. The SMILES string of the molecule is O=C(CNS(=O)(=O)c1cccc(Cl)c1)N1CC(n2cc(COc3ccccc3)nn2)C1. The van der Waals surface area contributed by atoms with Gasteiger partial charge in [-0.05, 0) is 30.3 Å². The lowest BCUT2D eigenvalue weighted by Gasteiger charge is -2.38. The van der Waals surface area contributed by atoms with Crippen LogP contribution >= 0.6 is 11.6 Å². The molecule has 2 heterocycles. The van der Waals surface area contributed by atoms with Crippen LogP contribution in [0, 0.1) is 0 Å². The van der Waals surface area contributed by atoms with Crippen LogP contribution in [-0.4, -0.2) is 53.9 Å². The van der Waals surface area contributed by atoms with Gasteiger partial charge in [0.2, 0.25) is 15.9 Å². The van der Waals surface area contributed by atoms with E-state index < -0.39 is 10.0 Å². The van der Waals surface area contributed by atoms with Crippen molar-refractivity contribution in [3.05, 3.63) is 71.5 Å². The summed E-state index contributed by atoms with van der Waals surface area (Å²) in [5.41, 5.74) is 0.683. The van der Waals surface area contributed by atoms with Gasteiger partial charge in [-0.25, -0.2) is 17.8 Å². The van der Waals surface area contributed by atoms with Gasteiger partial charge in [0.1, 0.15) is 18.1 Å². The van der Waals surface area contributed by atoms with E-state index in [9.17, 15) is 13.2 Å². The molecule has 0 bridgehead atoms. The number of carbonyl (C=O) groups is 1. The third-order valence-electron chi connectivity index (χ3n) is 4.80. The number of para-hydroxylation sites is 1. The second kappa shape index (κ2) is 9.04. The van der Waals surface area contributed by atoms with Gasteiger partial charge in [0.05, 0.1) is 23.7 Å². The Morgan fingerprint density at radius 1 is 1.16 bits per heavy atom. The van der Waals surface area contributed by atoms with Crippen molar-refractivity contribution in [3.63, 3.8) is 0 Å². The number of nitrogens with zero attached hydrogens (tertiary/aromatic N) is 4. The van der Waals surface area contributed by atoms with E-state index in [2.05, 4.69) is 15.0 Å². The maximum Gasteiger partial charge on any atom is 0.241 e. The number of rotatable bonds is 8. The fraction of sp³-hybridized carbons (Fsp3) is 0.250. The van der Waals surface area contributed by atoms with Crippen LogP contribution in [0.1, 0.15) is 11.7 Å². The highest BCUT2D eigenvalue weighted by atomic mass is 35.5. The molecule has 31 heavy (non-hydrogen) atoms. The van der Waals surface area contributed by atoms with Crippen molar-refractivity contribution in [3.8, 4) is 5.75 Å². The van der Waals surface area contributed by atoms with Crippen molar-refractivity contribution < 1.29 is 17.9 Å². The van der Waals surface area contributed by atoms with Crippen molar-refractivity contribution in [1.82, 2.24) is 24.6 Å². The lowest BCUT2D eigenvalue weighted by Crippen LogP contribution is -2.53. The summed E-state index contributed by atoms with van der Waals surface area (Å²) in [6.07, 6.45) is 1.79. The van der Waals surface area contributed by atoms with Gasteiger partial charge >= 0.3 is 0 Å². The molecule has 1 aliphatic rings. The Morgan fingerprint density at radius 2 is 1.94 bits per heavy atom. The van der Waals surface area contributed by atoms with Crippen molar-refractivity contribution >= 4 is 27.5 Å². The summed E-state index contributed by atoms with van der Waals surface area (Å²) in [7, 11) is -3.81. The number of nitrogens with one attached hydrogen (secondary N) is 1. The Labute approximate surface area is 184 Å². The highest BCUT2D eigenvalue weighted by Crippen LogP contribution is 2.21. The Kier molecular flexibility index (Phi) is 6.21. The number of ether oxygens (including phenoxy) is 1. The number of amides is 1. The molecule has 1 fully saturated rings. The summed E-state index contributed by atoms with van der Waals surface area (Å²) in [5, 5.41) is 8.50. The van der Waals surface area contributed by atoms with Crippen molar-refractivity contribution in [2.45, 2.75) is 17.5 Å². The van der Waals surface area contributed by atoms with E-state index in [1.807, 2.05) is 30.3 Å². The zero-order valence-corrected chi connectivity index (χ0v) is 18.0. The molecule has 1 aliphatic heterocycles. The Bertz CT molecular complexity index is 1160. The van der Waals surface area contributed by atoms with Gasteiger partial charge in [-0.15, -0.1) is 5.10 Å². The smallest absolute Gasteiger partial charge is 0.241 e. The summed E-state index contributed by atoms with van der Waals surface area (Å²) >= 11 is 5.83. The van der Waals surface area contributed by atoms with E-state index in [0.29, 0.717) is 30.4 Å². The first-order chi connectivity index (χ1) is 14.9. The van der Waals surface area contributed by atoms with Gasteiger partial charge in [0.25, 0.3) is 0 Å². The third kappa shape index (κ3) is 5.22. The Balaban J connectivity index is 1.24. The van der Waals surface area contributed by atoms with Gasteiger partial charge in [-0.2, -0.15) is 0 Å². The first-order valence-corrected chi connectivity index (χ1v) is 11.4. The standard InChI is InChI=1S/C20H20ClN5O4S/c21-15-5-4-8-19(9-15)31(28,29)22-10-20(27)25-12-17(13-25)26-11-16(23-24-26)14-30-18-6-2-1-3-7-18/h1-9,11,17,22H,10,12-14H2. The molecule has 4 rings (SSSR count). The van der Waals surface area contributed by atoms with Crippen LogP contribution in [0.4, 0.5) is 0 Å². The minimum absolute atomic E-state index is 0.00791. The highest BCUT2D eigenvalue weighted by Gasteiger charge is 2.33. The van der Waals surface area contributed by atoms with Crippen LogP contribution in [0.5, 0.6) is 5.75 Å². The van der Waals surface area contributed by atoms with E-state index in [4.69, 9.17) is 16.3 Å². The molecule has 0 spiro atoms. The number of likely N-dealkylation sites (tertiary alicyclic amines) is 1. The molecule has 0 radical (unpaired) electrons. The molecule has 162 valence electrons. The molecule has 0 aliphatic carbocycles. The molecule has 1 saturated heterocycles. The quantitative estimate of drug-likeness (QED) is 0.549. The highest BCUT2D eigenvalue weighted by molar-refractivity contribution is 7.89. The Morgan fingerprint density at radius 3 is 2.68 bits per heavy atom. The third-order valence-corrected chi connectivity index (χ3v) is 6.43. The minimum atomic E-state index is -3.81. The van der Waals surface area contributed by atoms with Gasteiger partial charge in [0.15, 0.2) is 0 Å². The summed E-state index contributed by atoms with van der Waals surface area (Å²) in [6, 6.07) is 15.3. The molecule has 0 saturated carbocycles. The average molecular weight is 462 g/mol. The second-order valence-electron chi connectivity index (χ2n) is 7.03. The van der Waals surface area contributed by atoms with Gasteiger partial charge in [-0.1, -0.05) is 41.1 Å². The first-order valence-electron chi connectivity index (χ1n) is 9.52. The van der Waals surface area contributed by atoms with Crippen molar-refractivity contribution in [2.75, 3.05) is 19.6 Å². The number of sulfonamides is 1. The van der Waals surface area contributed by atoms with E-state index >= 15 is 0 Å². The number of hydrogen-bond donors (Lipinski definition) is 1. The van der Waals surface area contributed by atoms with Crippen LogP contribution in [0.25, 0.3) is 0 Å². The second-order valence-corrected chi connectivity index (χ2v) is 9.23. The van der Waals surface area contributed by atoms with E-state index in [-0.39, 0.29) is 23.4 Å². The zero-order chi connectivity index (χ0) is 21.8. The first kappa shape index (κ1) is 21.3. The van der Waals surface area contributed by atoms with Crippen molar-refractivity contribution in [1.29, 1.82) is 0 Å². The van der Waals surface area contributed by atoms with Crippen LogP contribution in [-0.2, 0) is 21.4 Å². The van der Waals surface area contributed by atoms with E-state index in [1.54, 1.807) is 21.8 Å². The fourth-order valence-corrected chi connectivity index (χ4v) is 4.32. The molecule has 1 aromatic heterocycles. The van der Waals surface area contributed by atoms with Crippen molar-refractivity contribution in [2.24, 2.45) is 0 Å². The maximum absolute atomic E-state index is 12.3. The van der Waals surface area contributed by atoms with Crippen LogP contribution in [0.3, 0.4) is 0 Å². The lowest BCUT2D eigenvalue weighted by atomic mass is 10.1. The zero-order valence-electron chi connectivity index (χ0n) is 16.4. The molecular weight excluding hydrogens is 442 g/mol. The van der Waals surface area contributed by atoms with E-state index in [0.717, 1.165) is 5.75 Å². The number of carbonyl (C=O) groups excluding carboxylic acids is 1. The van der Waals surface area contributed by atoms with Gasteiger partial charge < -0.3 is 9.64 Å². The monoisotopic (exact) mass is 461 g/mol. The molecule has 0 unspecified atom stereocenters. The largest absolute Gasteiger partial charge is 0.487 e. The van der Waals surface area contributed by atoms with Crippen LogP contribution in [0.15, 0.2) is 65.7 Å². The molecule has 2 aromatic carbocycles. The summed E-state index contributed by atoms with van der Waals surface area (Å²) in [4.78, 5) is 13.9. The topological polar surface area (TPSA) is 106 Å². The predicted octanol–water partition coefficient (Wildman–Crippen LogP) is 1.87. The molecule has 3 aromatic rings. The molecule has 0 atom stereocenters. The summed E-state index contributed by atoms with van der Waals surface area (Å²) in [6.45, 7) is 0.833. The summed E-state index contributed by atoms with van der Waals surface area (Å²) < 4.78 is 34.3. The molecule has 1 N–H and O–H groups in total. The molecule has 1 amide bonds. The van der Waals surface area contributed by atoms with E-state index in [1.165, 1.54) is 18.2 Å². The van der Waals surface area contributed by atoms with Crippen LogP contribution in [0.2, 0.25) is 5.02 Å². The molecule has 9 nitrogen and oxygen atoms in total. The number of benzene rings is 2. The van der Waals surface area contributed by atoms with Crippen LogP contribution < -0.4 is 9.46 Å². The number of hydrogen-bond acceptors (Lipinski definition) is 6. The van der Waals surface area contributed by atoms with Gasteiger partial charge in [0, 0.05) is 18.1 Å². The number of halogens is 1. The number of aromatic nitrogens is 3. The van der Waals surface area contributed by atoms with Gasteiger partial charge in [-0.3, -0.25) is 4.79 Å². The average Bonchev–Trinajstić information content (AvgIpc) is 3.19. The minimum Gasteiger partial charge on any atom is -0.487 e. The summed E-state index contributed by atoms with van der Waals surface area (Å²) in [5.74, 6) is 0.437.